The van der Waals surface area contributed by atoms with E-state index < -0.39 is 0 Å². The standard InChI is InChI=1S/C30H48N4O3/c1-4-15-34(16-5-2)30(37)25-12-8-11-24(19-25)29(36)33-27(18-22-13-14-22)26(31)17-21(3)28(35)32-20-23-9-6-7-10-23/h8,11-12,19,21-23,26-27H,4-7,9-10,13-18,20,31H2,1-3H3,(H,32,35)(H,33,36)/t21-,26+,27+/m1/s1. The minimum absolute atomic E-state index is 0.0398. The molecule has 7 nitrogen and oxygen atoms in total. The first-order valence-electron chi connectivity index (χ1n) is 14.6. The summed E-state index contributed by atoms with van der Waals surface area (Å²) in [6, 6.07) is 6.46. The number of carbonyl (C=O) groups is 3. The lowest BCUT2D eigenvalue weighted by Gasteiger charge is -2.27. The van der Waals surface area contributed by atoms with Gasteiger partial charge in [0.1, 0.15) is 0 Å². The number of hydrogen-bond acceptors (Lipinski definition) is 4. The third-order valence-electron chi connectivity index (χ3n) is 7.88. The lowest BCUT2D eigenvalue weighted by Crippen LogP contribution is -2.49. The van der Waals surface area contributed by atoms with Gasteiger partial charge in [0, 0.05) is 48.8 Å². The zero-order chi connectivity index (χ0) is 26.8. The molecule has 37 heavy (non-hydrogen) atoms. The Morgan fingerprint density at radius 2 is 1.65 bits per heavy atom. The molecule has 0 radical (unpaired) electrons. The molecule has 206 valence electrons. The van der Waals surface area contributed by atoms with Crippen LogP contribution in [0.3, 0.4) is 0 Å². The van der Waals surface area contributed by atoms with Gasteiger partial charge in [0.2, 0.25) is 5.91 Å². The summed E-state index contributed by atoms with van der Waals surface area (Å²) in [6.07, 6.45) is 10.4. The van der Waals surface area contributed by atoms with E-state index in [4.69, 9.17) is 5.73 Å². The van der Waals surface area contributed by atoms with Gasteiger partial charge in [-0.1, -0.05) is 52.5 Å². The van der Waals surface area contributed by atoms with Crippen molar-refractivity contribution in [3.8, 4) is 0 Å². The van der Waals surface area contributed by atoms with Crippen molar-refractivity contribution in [3.63, 3.8) is 0 Å². The van der Waals surface area contributed by atoms with E-state index in [-0.39, 0.29) is 35.7 Å². The number of amides is 3. The van der Waals surface area contributed by atoms with Gasteiger partial charge >= 0.3 is 0 Å². The molecule has 1 aromatic rings. The molecule has 2 aliphatic rings. The van der Waals surface area contributed by atoms with Crippen LogP contribution in [0.4, 0.5) is 0 Å². The minimum atomic E-state index is -0.314. The van der Waals surface area contributed by atoms with Crippen molar-refractivity contribution < 1.29 is 14.4 Å². The number of nitrogens with two attached hydrogens (primary N) is 1. The lowest BCUT2D eigenvalue weighted by atomic mass is 9.92. The normalized spacial score (nSPS) is 18.2. The summed E-state index contributed by atoms with van der Waals surface area (Å²) in [4.78, 5) is 40.8. The van der Waals surface area contributed by atoms with Crippen molar-refractivity contribution in [2.45, 2.75) is 97.1 Å². The first-order valence-corrected chi connectivity index (χ1v) is 14.6. The Kier molecular flexibility index (Phi) is 11.4. The third kappa shape index (κ3) is 9.13. The first-order chi connectivity index (χ1) is 17.8. The van der Waals surface area contributed by atoms with Crippen molar-refractivity contribution in [1.29, 1.82) is 0 Å². The highest BCUT2D eigenvalue weighted by molar-refractivity contribution is 5.99. The van der Waals surface area contributed by atoms with Gasteiger partial charge in [-0.15, -0.1) is 0 Å². The van der Waals surface area contributed by atoms with E-state index in [1.54, 1.807) is 24.3 Å². The van der Waals surface area contributed by atoms with Gasteiger partial charge in [-0.3, -0.25) is 14.4 Å². The van der Waals surface area contributed by atoms with Crippen molar-refractivity contribution in [2.24, 2.45) is 23.5 Å². The van der Waals surface area contributed by atoms with Gasteiger partial charge in [-0.25, -0.2) is 0 Å². The Hall–Kier alpha value is -2.41. The summed E-state index contributed by atoms with van der Waals surface area (Å²) < 4.78 is 0. The predicted molar refractivity (Wildman–Crippen MR) is 148 cm³/mol. The van der Waals surface area contributed by atoms with E-state index in [1.807, 2.05) is 11.8 Å². The van der Waals surface area contributed by atoms with E-state index in [2.05, 4.69) is 24.5 Å². The largest absolute Gasteiger partial charge is 0.356 e. The summed E-state index contributed by atoms with van der Waals surface area (Å²) in [5.41, 5.74) is 7.61. The van der Waals surface area contributed by atoms with Crippen LogP contribution in [0.5, 0.6) is 0 Å². The van der Waals surface area contributed by atoms with Crippen molar-refractivity contribution in [1.82, 2.24) is 15.5 Å². The van der Waals surface area contributed by atoms with Crippen LogP contribution < -0.4 is 16.4 Å². The van der Waals surface area contributed by atoms with Crippen LogP contribution in [0.25, 0.3) is 0 Å². The molecule has 0 unspecified atom stereocenters. The van der Waals surface area contributed by atoms with Crippen molar-refractivity contribution in [2.75, 3.05) is 19.6 Å². The average molecular weight is 513 g/mol. The van der Waals surface area contributed by atoms with Gasteiger partial charge in [0.25, 0.3) is 11.8 Å². The monoisotopic (exact) mass is 512 g/mol. The van der Waals surface area contributed by atoms with E-state index in [0.29, 0.717) is 42.5 Å². The maximum Gasteiger partial charge on any atom is 0.253 e. The molecule has 0 aromatic heterocycles. The number of hydrogen-bond donors (Lipinski definition) is 3. The van der Waals surface area contributed by atoms with Crippen LogP contribution in [-0.2, 0) is 4.79 Å². The molecule has 0 bridgehead atoms. The molecule has 0 saturated heterocycles. The number of carbonyl (C=O) groups excluding carboxylic acids is 3. The third-order valence-corrected chi connectivity index (χ3v) is 7.88. The van der Waals surface area contributed by atoms with Gasteiger partial charge in [0.15, 0.2) is 0 Å². The molecule has 3 rings (SSSR count). The molecule has 0 heterocycles. The van der Waals surface area contributed by atoms with E-state index in [1.165, 1.54) is 25.7 Å². The summed E-state index contributed by atoms with van der Waals surface area (Å²) in [5.74, 6) is 0.763. The summed E-state index contributed by atoms with van der Waals surface area (Å²) in [7, 11) is 0. The van der Waals surface area contributed by atoms with E-state index in [0.717, 1.165) is 38.6 Å². The molecule has 2 fully saturated rings. The number of nitrogens with zero attached hydrogens (tertiary/aromatic N) is 1. The van der Waals surface area contributed by atoms with Crippen LogP contribution in [-0.4, -0.2) is 54.3 Å². The summed E-state index contributed by atoms with van der Waals surface area (Å²) in [6.45, 7) is 8.20. The quantitative estimate of drug-likeness (QED) is 0.322. The van der Waals surface area contributed by atoms with E-state index in [9.17, 15) is 14.4 Å². The Morgan fingerprint density at radius 1 is 1.00 bits per heavy atom. The molecule has 0 aliphatic heterocycles. The molecular formula is C30H48N4O3. The smallest absolute Gasteiger partial charge is 0.253 e. The summed E-state index contributed by atoms with van der Waals surface area (Å²) >= 11 is 0. The second-order valence-corrected chi connectivity index (χ2v) is 11.3. The molecule has 7 heteroatoms. The highest BCUT2D eigenvalue weighted by Gasteiger charge is 2.32. The number of benzene rings is 1. The molecule has 3 atom stereocenters. The fourth-order valence-electron chi connectivity index (χ4n) is 5.45. The Morgan fingerprint density at radius 3 is 2.27 bits per heavy atom. The lowest BCUT2D eigenvalue weighted by molar-refractivity contribution is -0.125. The van der Waals surface area contributed by atoms with Crippen LogP contribution in [0.2, 0.25) is 0 Å². The van der Waals surface area contributed by atoms with Crippen LogP contribution in [0, 0.1) is 17.8 Å². The molecule has 2 aliphatic carbocycles. The zero-order valence-corrected chi connectivity index (χ0v) is 23.1. The average Bonchev–Trinajstić information content (AvgIpc) is 3.56. The fourth-order valence-corrected chi connectivity index (χ4v) is 5.45. The maximum absolute atomic E-state index is 13.3. The molecule has 4 N–H and O–H groups in total. The molecule has 1 aromatic carbocycles. The number of nitrogens with one attached hydrogen (secondary N) is 2. The molecule has 3 amide bonds. The van der Waals surface area contributed by atoms with Gasteiger partial charge in [-0.2, -0.15) is 0 Å². The van der Waals surface area contributed by atoms with Crippen LogP contribution >= 0.6 is 0 Å². The van der Waals surface area contributed by atoms with Gasteiger partial charge in [-0.05, 0) is 68.6 Å². The predicted octanol–water partition coefficient (Wildman–Crippen LogP) is 4.51. The SMILES string of the molecule is CCCN(CCC)C(=O)c1cccc(C(=O)N[C@@H](CC2CC2)[C@@H](N)C[C@@H](C)C(=O)NCC2CCCC2)c1. The topological polar surface area (TPSA) is 105 Å². The van der Waals surface area contributed by atoms with Crippen LogP contribution in [0.15, 0.2) is 24.3 Å². The van der Waals surface area contributed by atoms with Gasteiger partial charge < -0.3 is 21.3 Å². The molecular weight excluding hydrogens is 464 g/mol. The fraction of sp³-hybridized carbons (Fsp3) is 0.700. The van der Waals surface area contributed by atoms with Crippen molar-refractivity contribution in [3.05, 3.63) is 35.4 Å². The highest BCUT2D eigenvalue weighted by Crippen LogP contribution is 2.34. The Bertz CT molecular complexity index is 889. The Balaban J connectivity index is 1.60. The number of rotatable bonds is 15. The highest BCUT2D eigenvalue weighted by atomic mass is 16.2. The first kappa shape index (κ1) is 29.2. The second-order valence-electron chi connectivity index (χ2n) is 11.3. The molecule has 0 spiro atoms. The van der Waals surface area contributed by atoms with Crippen molar-refractivity contribution >= 4 is 17.7 Å². The summed E-state index contributed by atoms with van der Waals surface area (Å²) in [5, 5.41) is 6.27. The molecule has 2 saturated carbocycles. The van der Waals surface area contributed by atoms with Crippen LogP contribution in [0.1, 0.15) is 106 Å². The zero-order valence-electron chi connectivity index (χ0n) is 23.1. The Labute approximate surface area is 223 Å². The minimum Gasteiger partial charge on any atom is -0.356 e. The second kappa shape index (κ2) is 14.5. The van der Waals surface area contributed by atoms with Gasteiger partial charge in [0.05, 0.1) is 0 Å². The maximum atomic E-state index is 13.3. The van der Waals surface area contributed by atoms with E-state index >= 15 is 0 Å².